The number of methoxy groups -OCH3 is 1. The van der Waals surface area contributed by atoms with Crippen molar-refractivity contribution in [1.29, 1.82) is 0 Å². The number of benzene rings is 2. The fourth-order valence-corrected chi connectivity index (χ4v) is 4.15. The molecule has 7 heteroatoms. The highest BCUT2D eigenvalue weighted by molar-refractivity contribution is 5.44. The number of ether oxygens (including phenoxy) is 3. The van der Waals surface area contributed by atoms with Crippen LogP contribution in [0.3, 0.4) is 0 Å². The number of likely N-dealkylation sites (tertiary alicyclic amines) is 1. The maximum Gasteiger partial charge on any atom is 0.161 e. The highest BCUT2D eigenvalue weighted by Crippen LogP contribution is 2.33. The Morgan fingerprint density at radius 3 is 2.52 bits per heavy atom. The Balaban J connectivity index is 1.36. The van der Waals surface area contributed by atoms with E-state index in [0.717, 1.165) is 43.2 Å². The molecule has 0 radical (unpaired) electrons. The highest BCUT2D eigenvalue weighted by atomic mass is 16.6. The van der Waals surface area contributed by atoms with Crippen molar-refractivity contribution in [2.24, 2.45) is 0 Å². The third kappa shape index (κ3) is 5.89. The van der Waals surface area contributed by atoms with Gasteiger partial charge in [-0.3, -0.25) is 5.32 Å². The normalized spacial score (nSPS) is 18.0. The van der Waals surface area contributed by atoms with E-state index in [9.17, 15) is 5.11 Å². The Kier molecular flexibility index (Phi) is 7.64. The number of aliphatic hydroxyl groups excluding tert-OH is 1. The molecular weight excluding hydrogens is 394 g/mol. The standard InChI is InChI=1S/C24H33N3O4/c1-29-20-7-4-18(5-8-20)15-25-17-26-21(16-27-10-2-3-11-27)24(28)19-6-9-22-23(14-19)31-13-12-30-22/h4-9,14,21,24-26,28H,2-3,10-13,15-17H2,1H3. The second kappa shape index (κ2) is 10.8. The summed E-state index contributed by atoms with van der Waals surface area (Å²) in [5.41, 5.74) is 2.03. The number of hydrogen-bond acceptors (Lipinski definition) is 7. The van der Waals surface area contributed by atoms with E-state index in [2.05, 4.69) is 27.7 Å². The smallest absolute Gasteiger partial charge is 0.161 e. The minimum absolute atomic E-state index is 0.0935. The molecule has 168 valence electrons. The number of aliphatic hydroxyl groups is 1. The van der Waals surface area contributed by atoms with Crippen LogP contribution >= 0.6 is 0 Å². The van der Waals surface area contributed by atoms with E-state index >= 15 is 0 Å². The van der Waals surface area contributed by atoms with E-state index in [1.165, 1.54) is 18.4 Å². The summed E-state index contributed by atoms with van der Waals surface area (Å²) in [6.07, 6.45) is 1.81. The second-order valence-corrected chi connectivity index (χ2v) is 8.12. The van der Waals surface area contributed by atoms with Crippen LogP contribution in [0, 0.1) is 0 Å². The van der Waals surface area contributed by atoms with Crippen LogP contribution in [0.25, 0.3) is 0 Å². The van der Waals surface area contributed by atoms with Crippen LogP contribution in [0.15, 0.2) is 42.5 Å². The number of nitrogens with zero attached hydrogens (tertiary/aromatic N) is 1. The van der Waals surface area contributed by atoms with E-state index in [1.807, 2.05) is 30.3 Å². The fraction of sp³-hybridized carbons (Fsp3) is 0.500. The van der Waals surface area contributed by atoms with Crippen molar-refractivity contribution in [3.05, 3.63) is 53.6 Å². The lowest BCUT2D eigenvalue weighted by Crippen LogP contribution is -2.47. The van der Waals surface area contributed by atoms with Crippen molar-refractivity contribution in [2.75, 3.05) is 46.6 Å². The van der Waals surface area contributed by atoms with Gasteiger partial charge in [0.2, 0.25) is 0 Å². The number of hydrogen-bond donors (Lipinski definition) is 3. The highest BCUT2D eigenvalue weighted by Gasteiger charge is 2.26. The van der Waals surface area contributed by atoms with Gasteiger partial charge in [-0.15, -0.1) is 0 Å². The molecule has 0 aliphatic carbocycles. The molecule has 31 heavy (non-hydrogen) atoms. The van der Waals surface area contributed by atoms with Gasteiger partial charge in [0.05, 0.1) is 19.3 Å². The molecule has 2 aliphatic rings. The van der Waals surface area contributed by atoms with E-state index in [-0.39, 0.29) is 6.04 Å². The average Bonchev–Trinajstić information content (AvgIpc) is 3.34. The lowest BCUT2D eigenvalue weighted by atomic mass is 10.0. The maximum absolute atomic E-state index is 11.2. The van der Waals surface area contributed by atoms with E-state index in [4.69, 9.17) is 14.2 Å². The predicted molar refractivity (Wildman–Crippen MR) is 120 cm³/mol. The molecule has 2 unspecified atom stereocenters. The quantitative estimate of drug-likeness (QED) is 0.397. The third-order valence-corrected chi connectivity index (χ3v) is 5.92. The lowest BCUT2D eigenvalue weighted by molar-refractivity contribution is 0.104. The van der Waals surface area contributed by atoms with Gasteiger partial charge < -0.3 is 29.5 Å². The van der Waals surface area contributed by atoms with E-state index in [1.54, 1.807) is 7.11 Å². The molecule has 0 bridgehead atoms. The first-order valence-electron chi connectivity index (χ1n) is 11.1. The molecule has 0 aromatic heterocycles. The summed E-state index contributed by atoms with van der Waals surface area (Å²) in [5, 5.41) is 18.1. The van der Waals surface area contributed by atoms with Gasteiger partial charge in [0.25, 0.3) is 0 Å². The number of nitrogens with one attached hydrogen (secondary N) is 2. The minimum atomic E-state index is -0.640. The Bertz CT molecular complexity index is 824. The number of rotatable bonds is 10. The van der Waals surface area contributed by atoms with Crippen LogP contribution in [0.5, 0.6) is 17.2 Å². The van der Waals surface area contributed by atoms with Gasteiger partial charge in [0, 0.05) is 19.8 Å². The van der Waals surface area contributed by atoms with Gasteiger partial charge in [-0.1, -0.05) is 18.2 Å². The lowest BCUT2D eigenvalue weighted by Gasteiger charge is -2.29. The molecule has 7 nitrogen and oxygen atoms in total. The molecule has 1 saturated heterocycles. The first-order chi connectivity index (χ1) is 15.2. The van der Waals surface area contributed by atoms with Crippen molar-refractivity contribution in [3.8, 4) is 17.2 Å². The summed E-state index contributed by atoms with van der Waals surface area (Å²) < 4.78 is 16.5. The van der Waals surface area contributed by atoms with Crippen LogP contribution in [0.1, 0.15) is 30.1 Å². The average molecular weight is 428 g/mol. The first kappa shape index (κ1) is 21.9. The molecular formula is C24H33N3O4. The molecule has 1 fully saturated rings. The summed E-state index contributed by atoms with van der Waals surface area (Å²) >= 11 is 0. The Morgan fingerprint density at radius 2 is 1.77 bits per heavy atom. The summed E-state index contributed by atoms with van der Waals surface area (Å²) in [6, 6.07) is 13.7. The molecule has 4 rings (SSSR count). The van der Waals surface area contributed by atoms with Crippen LogP contribution in [0.4, 0.5) is 0 Å². The van der Waals surface area contributed by atoms with Crippen molar-refractivity contribution in [2.45, 2.75) is 31.5 Å². The molecule has 0 saturated carbocycles. The van der Waals surface area contributed by atoms with Crippen LogP contribution < -0.4 is 24.8 Å². The first-order valence-corrected chi connectivity index (χ1v) is 11.1. The summed E-state index contributed by atoms with van der Waals surface area (Å²) in [4.78, 5) is 2.42. The molecule has 2 heterocycles. The Hall–Kier alpha value is -2.32. The van der Waals surface area contributed by atoms with Crippen molar-refractivity contribution in [3.63, 3.8) is 0 Å². The maximum atomic E-state index is 11.2. The zero-order valence-corrected chi connectivity index (χ0v) is 18.2. The van der Waals surface area contributed by atoms with Crippen molar-refractivity contribution < 1.29 is 19.3 Å². The zero-order valence-electron chi connectivity index (χ0n) is 18.2. The topological polar surface area (TPSA) is 75.2 Å². The largest absolute Gasteiger partial charge is 0.497 e. The molecule has 0 amide bonds. The SMILES string of the molecule is COc1ccc(CNCNC(CN2CCCC2)C(O)c2ccc3c(c2)OCCO3)cc1. The van der Waals surface area contributed by atoms with Crippen LogP contribution in [0.2, 0.25) is 0 Å². The summed E-state index contributed by atoms with van der Waals surface area (Å²) in [6.45, 7) is 5.43. The molecule has 0 spiro atoms. The van der Waals surface area contributed by atoms with Gasteiger partial charge in [-0.25, -0.2) is 0 Å². The van der Waals surface area contributed by atoms with Crippen molar-refractivity contribution in [1.82, 2.24) is 15.5 Å². The van der Waals surface area contributed by atoms with Crippen LogP contribution in [-0.2, 0) is 6.54 Å². The van der Waals surface area contributed by atoms with Gasteiger partial charge >= 0.3 is 0 Å². The van der Waals surface area contributed by atoms with Crippen LogP contribution in [-0.4, -0.2) is 62.7 Å². The fourth-order valence-electron chi connectivity index (χ4n) is 4.15. The monoisotopic (exact) mass is 427 g/mol. The van der Waals surface area contributed by atoms with Crippen molar-refractivity contribution >= 4 is 0 Å². The van der Waals surface area contributed by atoms with Gasteiger partial charge in [-0.05, 0) is 61.3 Å². The Morgan fingerprint density at radius 1 is 1.03 bits per heavy atom. The Labute approximate surface area is 184 Å². The summed E-state index contributed by atoms with van der Waals surface area (Å²) in [7, 11) is 1.67. The second-order valence-electron chi connectivity index (χ2n) is 8.12. The molecule has 3 N–H and O–H groups in total. The third-order valence-electron chi connectivity index (χ3n) is 5.92. The van der Waals surface area contributed by atoms with Gasteiger partial charge in [0.15, 0.2) is 11.5 Å². The molecule has 2 aromatic carbocycles. The zero-order chi connectivity index (χ0) is 21.5. The molecule has 2 atom stereocenters. The molecule has 2 aliphatic heterocycles. The van der Waals surface area contributed by atoms with Gasteiger partial charge in [-0.2, -0.15) is 0 Å². The van der Waals surface area contributed by atoms with Gasteiger partial charge in [0.1, 0.15) is 19.0 Å². The molecule has 2 aromatic rings. The summed E-state index contributed by atoms with van der Waals surface area (Å²) in [5.74, 6) is 2.31. The van der Waals surface area contributed by atoms with E-state index < -0.39 is 6.10 Å². The predicted octanol–water partition coefficient (Wildman–Crippen LogP) is 2.30. The van der Waals surface area contributed by atoms with E-state index in [0.29, 0.717) is 25.6 Å². The minimum Gasteiger partial charge on any atom is -0.497 e. The number of fused-ring (bicyclic) bond motifs is 1.